The van der Waals surface area contributed by atoms with Crippen molar-refractivity contribution in [2.24, 2.45) is 5.92 Å². The Labute approximate surface area is 111 Å². The van der Waals surface area contributed by atoms with E-state index < -0.39 is 0 Å². The van der Waals surface area contributed by atoms with Crippen molar-refractivity contribution in [1.82, 2.24) is 19.9 Å². The first-order valence-corrected chi connectivity index (χ1v) is 6.32. The van der Waals surface area contributed by atoms with Crippen LogP contribution < -0.4 is 5.32 Å². The first-order valence-electron chi connectivity index (χ1n) is 6.32. The van der Waals surface area contributed by atoms with E-state index in [1.165, 1.54) is 6.20 Å². The van der Waals surface area contributed by atoms with Crippen LogP contribution in [0.15, 0.2) is 24.8 Å². The molecule has 2 aromatic heterocycles. The molecule has 0 saturated carbocycles. The number of nitrogens with one attached hydrogen (secondary N) is 1. The van der Waals surface area contributed by atoms with Gasteiger partial charge in [0, 0.05) is 25.0 Å². The third kappa shape index (κ3) is 2.90. The van der Waals surface area contributed by atoms with Gasteiger partial charge in [0.15, 0.2) is 0 Å². The molecule has 0 fully saturated rings. The summed E-state index contributed by atoms with van der Waals surface area (Å²) in [5.41, 5.74) is 1.17. The molecule has 0 aromatic carbocycles. The first kappa shape index (κ1) is 13.5. The molecule has 2 N–H and O–H groups in total. The Morgan fingerprint density at radius 2 is 2.26 bits per heavy atom. The second-order valence-electron chi connectivity index (χ2n) is 4.80. The van der Waals surface area contributed by atoms with Crippen LogP contribution >= 0.6 is 0 Å². The molecule has 0 spiro atoms. The van der Waals surface area contributed by atoms with Crippen molar-refractivity contribution in [3.8, 4) is 0 Å². The lowest BCUT2D eigenvalue weighted by Crippen LogP contribution is -2.39. The van der Waals surface area contributed by atoms with Gasteiger partial charge >= 0.3 is 0 Å². The number of hydrogen-bond acceptors (Lipinski definition) is 4. The van der Waals surface area contributed by atoms with E-state index in [9.17, 15) is 4.79 Å². The SMILES string of the molecule is CC(C)C(CCO)NC(=O)c1cnn2ccncc12. The summed E-state index contributed by atoms with van der Waals surface area (Å²) < 4.78 is 1.61. The van der Waals surface area contributed by atoms with Crippen molar-refractivity contribution >= 4 is 11.4 Å². The van der Waals surface area contributed by atoms with Crippen molar-refractivity contribution < 1.29 is 9.90 Å². The third-order valence-corrected chi connectivity index (χ3v) is 3.13. The quantitative estimate of drug-likeness (QED) is 0.837. The Hall–Kier alpha value is -1.95. The predicted octanol–water partition coefficient (Wildman–Crippen LogP) is 0.866. The summed E-state index contributed by atoms with van der Waals surface area (Å²) in [5.74, 6) is 0.0752. The Kier molecular flexibility index (Phi) is 4.11. The van der Waals surface area contributed by atoms with Crippen LogP contribution in [0.25, 0.3) is 5.52 Å². The summed E-state index contributed by atoms with van der Waals surface area (Å²) in [6.45, 7) is 4.08. The number of carbonyl (C=O) groups excluding carboxylic acids is 1. The topological polar surface area (TPSA) is 79.5 Å². The minimum Gasteiger partial charge on any atom is -0.396 e. The Balaban J connectivity index is 2.19. The minimum absolute atomic E-state index is 0.0517. The lowest BCUT2D eigenvalue weighted by Gasteiger charge is -2.21. The number of rotatable bonds is 5. The van der Waals surface area contributed by atoms with Crippen LogP contribution in [-0.4, -0.2) is 38.3 Å². The van der Waals surface area contributed by atoms with Crippen molar-refractivity contribution in [1.29, 1.82) is 0 Å². The van der Waals surface area contributed by atoms with Gasteiger partial charge in [0.05, 0.1) is 23.5 Å². The highest BCUT2D eigenvalue weighted by Gasteiger charge is 2.19. The number of carbonyl (C=O) groups is 1. The molecule has 1 atom stereocenters. The normalized spacial score (nSPS) is 12.8. The van der Waals surface area contributed by atoms with Gasteiger partial charge in [-0.15, -0.1) is 0 Å². The Bertz CT molecular complexity index is 565. The van der Waals surface area contributed by atoms with Crippen molar-refractivity contribution in [2.45, 2.75) is 26.3 Å². The second-order valence-corrected chi connectivity index (χ2v) is 4.80. The molecule has 102 valence electrons. The molecule has 0 aliphatic heterocycles. The monoisotopic (exact) mass is 262 g/mol. The van der Waals surface area contributed by atoms with Crippen LogP contribution in [0.1, 0.15) is 30.6 Å². The maximum Gasteiger partial charge on any atom is 0.255 e. The van der Waals surface area contributed by atoms with Crippen molar-refractivity contribution in [3.05, 3.63) is 30.4 Å². The summed E-state index contributed by atoms with van der Waals surface area (Å²) in [4.78, 5) is 16.2. The molecular weight excluding hydrogens is 244 g/mol. The van der Waals surface area contributed by atoms with E-state index in [-0.39, 0.29) is 24.5 Å². The van der Waals surface area contributed by atoms with Crippen molar-refractivity contribution in [2.75, 3.05) is 6.61 Å². The molecule has 2 rings (SSSR count). The maximum atomic E-state index is 12.2. The number of aromatic nitrogens is 3. The standard InChI is InChI=1S/C13H18N4O2/c1-9(2)11(3-6-18)16-13(19)10-7-15-17-5-4-14-8-12(10)17/h4-5,7-9,11,18H,3,6H2,1-2H3,(H,16,19). The van der Waals surface area contributed by atoms with Gasteiger partial charge in [0.1, 0.15) is 0 Å². The van der Waals surface area contributed by atoms with E-state index in [1.54, 1.807) is 23.1 Å². The lowest BCUT2D eigenvalue weighted by molar-refractivity contribution is 0.0918. The highest BCUT2D eigenvalue weighted by atomic mass is 16.3. The molecule has 2 heterocycles. The number of aliphatic hydroxyl groups excluding tert-OH is 1. The van der Waals surface area contributed by atoms with Crippen LogP contribution in [0.5, 0.6) is 0 Å². The average Bonchev–Trinajstić information content (AvgIpc) is 2.81. The third-order valence-electron chi connectivity index (χ3n) is 3.13. The van der Waals surface area contributed by atoms with Crippen molar-refractivity contribution in [3.63, 3.8) is 0 Å². The summed E-state index contributed by atoms with van der Waals surface area (Å²) in [6.07, 6.45) is 6.99. The van der Waals surface area contributed by atoms with E-state index in [0.29, 0.717) is 17.5 Å². The van der Waals surface area contributed by atoms with Gasteiger partial charge in [-0.2, -0.15) is 5.10 Å². The molecule has 0 saturated heterocycles. The summed E-state index contributed by atoms with van der Waals surface area (Å²) in [6, 6.07) is -0.0517. The Morgan fingerprint density at radius 3 is 2.95 bits per heavy atom. The highest BCUT2D eigenvalue weighted by Crippen LogP contribution is 2.11. The van der Waals surface area contributed by atoms with Gasteiger partial charge < -0.3 is 10.4 Å². The molecule has 0 radical (unpaired) electrons. The molecule has 6 heteroatoms. The molecule has 0 bridgehead atoms. The number of nitrogens with zero attached hydrogens (tertiary/aromatic N) is 3. The van der Waals surface area contributed by atoms with Crippen LogP contribution in [0.2, 0.25) is 0 Å². The Morgan fingerprint density at radius 1 is 1.47 bits per heavy atom. The number of aliphatic hydroxyl groups is 1. The largest absolute Gasteiger partial charge is 0.396 e. The van der Waals surface area contributed by atoms with E-state index in [1.807, 2.05) is 13.8 Å². The number of amides is 1. The molecule has 0 aliphatic carbocycles. The zero-order chi connectivity index (χ0) is 13.8. The van der Waals surface area contributed by atoms with E-state index in [4.69, 9.17) is 5.11 Å². The van der Waals surface area contributed by atoms with Gasteiger partial charge in [0.2, 0.25) is 0 Å². The van der Waals surface area contributed by atoms with Crippen LogP contribution in [0, 0.1) is 5.92 Å². The van der Waals surface area contributed by atoms with E-state index >= 15 is 0 Å². The van der Waals surface area contributed by atoms with Gasteiger partial charge in [-0.25, -0.2) is 4.52 Å². The molecule has 1 amide bonds. The van der Waals surface area contributed by atoms with Gasteiger partial charge in [-0.3, -0.25) is 9.78 Å². The molecular formula is C13H18N4O2. The van der Waals surface area contributed by atoms with Crippen LogP contribution in [0.3, 0.4) is 0 Å². The second kappa shape index (κ2) is 5.79. The summed E-state index contributed by atoms with van der Waals surface area (Å²) in [7, 11) is 0. The number of fused-ring (bicyclic) bond motifs is 1. The average molecular weight is 262 g/mol. The predicted molar refractivity (Wildman–Crippen MR) is 70.8 cm³/mol. The molecule has 2 aromatic rings. The summed E-state index contributed by atoms with van der Waals surface area (Å²) >= 11 is 0. The lowest BCUT2D eigenvalue weighted by atomic mass is 10.0. The fourth-order valence-electron chi connectivity index (χ4n) is 1.97. The summed E-state index contributed by atoms with van der Waals surface area (Å²) in [5, 5.41) is 16.1. The van der Waals surface area contributed by atoms with Gasteiger partial charge in [-0.05, 0) is 12.3 Å². The van der Waals surface area contributed by atoms with E-state index in [2.05, 4.69) is 15.4 Å². The van der Waals surface area contributed by atoms with Gasteiger partial charge in [-0.1, -0.05) is 13.8 Å². The van der Waals surface area contributed by atoms with Gasteiger partial charge in [0.25, 0.3) is 5.91 Å². The van der Waals surface area contributed by atoms with E-state index in [0.717, 1.165) is 0 Å². The molecule has 1 unspecified atom stereocenters. The number of hydrogen-bond donors (Lipinski definition) is 2. The smallest absolute Gasteiger partial charge is 0.255 e. The zero-order valence-corrected chi connectivity index (χ0v) is 11.1. The molecule has 19 heavy (non-hydrogen) atoms. The zero-order valence-electron chi connectivity index (χ0n) is 11.1. The first-order chi connectivity index (χ1) is 9.13. The van der Waals surface area contributed by atoms with Crippen LogP contribution in [-0.2, 0) is 0 Å². The minimum atomic E-state index is -0.185. The molecule has 0 aliphatic rings. The molecule has 6 nitrogen and oxygen atoms in total. The van der Waals surface area contributed by atoms with Crippen LogP contribution in [0.4, 0.5) is 0 Å². The fourth-order valence-corrected chi connectivity index (χ4v) is 1.97. The highest BCUT2D eigenvalue weighted by molar-refractivity contribution is 6.00. The maximum absolute atomic E-state index is 12.2. The fraction of sp³-hybridized carbons (Fsp3) is 0.462.